The summed E-state index contributed by atoms with van der Waals surface area (Å²) >= 11 is 0. The number of hydrogen-bond donors (Lipinski definition) is 2. The highest BCUT2D eigenvalue weighted by atomic mass is 19.4. The van der Waals surface area contributed by atoms with E-state index in [0.29, 0.717) is 11.4 Å². The molecule has 0 unspecified atom stereocenters. The molecule has 1 aliphatic rings. The van der Waals surface area contributed by atoms with Gasteiger partial charge in [0.15, 0.2) is 5.84 Å². The molecular formula is C23H25F3N4O3. The summed E-state index contributed by atoms with van der Waals surface area (Å²) < 4.78 is 49.8. The largest absolute Gasteiger partial charge is 0.476 e. The number of alkyl halides is 3. The molecule has 1 heterocycles. The van der Waals surface area contributed by atoms with Crippen molar-refractivity contribution in [1.29, 1.82) is 5.41 Å². The Kier molecular flexibility index (Phi) is 6.49. The van der Waals surface area contributed by atoms with Crippen molar-refractivity contribution >= 4 is 17.6 Å². The number of methoxy groups -OCH3 is 1. The van der Waals surface area contributed by atoms with Gasteiger partial charge in [-0.25, -0.2) is 9.98 Å². The molecule has 0 spiro atoms. The highest BCUT2D eigenvalue weighted by Crippen LogP contribution is 2.57. The predicted octanol–water partition coefficient (Wildman–Crippen LogP) is 4.35. The van der Waals surface area contributed by atoms with E-state index in [2.05, 4.69) is 9.98 Å². The maximum absolute atomic E-state index is 13.2. The van der Waals surface area contributed by atoms with Gasteiger partial charge in [0.1, 0.15) is 17.9 Å². The number of nitrogens with two attached hydrogens (primary N) is 1. The van der Waals surface area contributed by atoms with E-state index in [1.165, 1.54) is 7.11 Å². The molecule has 0 aliphatic heterocycles. The van der Waals surface area contributed by atoms with E-state index in [-0.39, 0.29) is 31.3 Å². The molecule has 1 aromatic heterocycles. The van der Waals surface area contributed by atoms with Gasteiger partial charge in [0.25, 0.3) is 0 Å². The summed E-state index contributed by atoms with van der Waals surface area (Å²) in [5.74, 6) is -0.942. The van der Waals surface area contributed by atoms with E-state index in [1.807, 2.05) is 0 Å². The fourth-order valence-corrected chi connectivity index (χ4v) is 3.15. The Morgan fingerprint density at radius 1 is 1.15 bits per heavy atom. The van der Waals surface area contributed by atoms with E-state index in [1.54, 1.807) is 56.4 Å². The van der Waals surface area contributed by atoms with Crippen molar-refractivity contribution < 1.29 is 27.4 Å². The molecule has 0 radical (unpaired) electrons. The average Bonchev–Trinajstić information content (AvgIpc) is 3.60. The third kappa shape index (κ3) is 5.15. The molecule has 1 saturated carbocycles. The third-order valence-electron chi connectivity index (χ3n) is 5.56. The third-order valence-corrected chi connectivity index (χ3v) is 5.56. The highest BCUT2D eigenvalue weighted by molar-refractivity contribution is 6.06. The molecule has 3 rings (SSSR count). The zero-order valence-corrected chi connectivity index (χ0v) is 18.5. The number of hydrogen-bond acceptors (Lipinski definition) is 5. The zero-order chi connectivity index (χ0) is 24.4. The van der Waals surface area contributed by atoms with Crippen LogP contribution in [0.15, 0.2) is 47.6 Å². The van der Waals surface area contributed by atoms with E-state index < -0.39 is 22.8 Å². The Morgan fingerprint density at radius 2 is 1.76 bits per heavy atom. The minimum Gasteiger partial charge on any atom is -0.476 e. The molecule has 0 atom stereocenters. The number of benzene rings is 1. The molecule has 2 aromatic rings. The molecule has 1 aliphatic carbocycles. The SMILES string of the molecule is COC(=O)C(C)(C)COc1ccc(-c2ccc(C(=N)N=C(N)C3(C(F)(F)F)CC3)cc2)cn1. The lowest BCUT2D eigenvalue weighted by Crippen LogP contribution is -2.38. The van der Waals surface area contributed by atoms with E-state index in [4.69, 9.17) is 20.6 Å². The number of nitrogens with one attached hydrogen (secondary N) is 1. The van der Waals surface area contributed by atoms with Crippen LogP contribution in [-0.4, -0.2) is 42.5 Å². The quantitative estimate of drug-likeness (QED) is 0.361. The van der Waals surface area contributed by atoms with E-state index >= 15 is 0 Å². The maximum atomic E-state index is 13.2. The van der Waals surface area contributed by atoms with Crippen LogP contribution in [0.4, 0.5) is 13.2 Å². The normalized spacial score (nSPS) is 15.6. The predicted molar refractivity (Wildman–Crippen MR) is 117 cm³/mol. The molecular weight excluding hydrogens is 437 g/mol. The smallest absolute Gasteiger partial charge is 0.401 e. The number of ether oxygens (including phenoxy) is 2. The summed E-state index contributed by atoms with van der Waals surface area (Å²) in [4.78, 5) is 19.7. The highest BCUT2D eigenvalue weighted by Gasteiger charge is 2.66. The second kappa shape index (κ2) is 8.84. The van der Waals surface area contributed by atoms with Crippen molar-refractivity contribution in [1.82, 2.24) is 4.98 Å². The first kappa shape index (κ1) is 24.2. The second-order valence-electron chi connectivity index (χ2n) is 8.55. The van der Waals surface area contributed by atoms with Crippen LogP contribution in [-0.2, 0) is 9.53 Å². The summed E-state index contributed by atoms with van der Waals surface area (Å²) in [6.07, 6.45) is -3.09. The Balaban J connectivity index is 1.66. The van der Waals surface area contributed by atoms with Gasteiger partial charge in [-0.15, -0.1) is 0 Å². The fraction of sp³-hybridized carbons (Fsp3) is 0.391. The lowest BCUT2D eigenvalue weighted by Gasteiger charge is -2.21. The molecule has 0 saturated heterocycles. The number of amidine groups is 2. The van der Waals surface area contributed by atoms with Crippen LogP contribution in [0.3, 0.4) is 0 Å². The number of nitrogens with zero attached hydrogens (tertiary/aromatic N) is 2. The van der Waals surface area contributed by atoms with Gasteiger partial charge in [-0.05, 0) is 38.3 Å². The summed E-state index contributed by atoms with van der Waals surface area (Å²) in [5.41, 5.74) is 4.57. The van der Waals surface area contributed by atoms with Gasteiger partial charge in [0.2, 0.25) is 5.88 Å². The van der Waals surface area contributed by atoms with Crippen molar-refractivity contribution in [2.24, 2.45) is 21.6 Å². The Morgan fingerprint density at radius 3 is 2.24 bits per heavy atom. The topological polar surface area (TPSA) is 111 Å². The molecule has 1 fully saturated rings. The Bertz CT molecular complexity index is 1060. The van der Waals surface area contributed by atoms with Gasteiger partial charge in [-0.3, -0.25) is 10.2 Å². The minimum absolute atomic E-state index is 0.0993. The van der Waals surface area contributed by atoms with Crippen molar-refractivity contribution in [2.45, 2.75) is 32.9 Å². The first-order chi connectivity index (χ1) is 15.4. The van der Waals surface area contributed by atoms with Gasteiger partial charge < -0.3 is 15.2 Å². The molecule has 0 bridgehead atoms. The first-order valence-electron chi connectivity index (χ1n) is 10.2. The maximum Gasteiger partial charge on any atom is 0.401 e. The minimum atomic E-state index is -4.47. The van der Waals surface area contributed by atoms with Crippen molar-refractivity contribution in [3.8, 4) is 17.0 Å². The summed E-state index contributed by atoms with van der Waals surface area (Å²) in [6.45, 7) is 3.51. The first-order valence-corrected chi connectivity index (χ1v) is 10.2. The molecule has 3 N–H and O–H groups in total. The Hall–Kier alpha value is -3.43. The van der Waals surface area contributed by atoms with E-state index in [9.17, 15) is 18.0 Å². The standard InChI is InChI=1S/C23H25F3N4O3/c1-21(2,20(31)32-3)13-33-17-9-8-16(12-29-17)14-4-6-15(7-5-14)18(27)30-19(28)22(10-11-22)23(24,25)26/h4-9,12H,10-11,13H2,1-3H3,(H3,27,28,30). The number of pyridine rings is 1. The number of carbonyl (C=O) groups is 1. The fourth-order valence-electron chi connectivity index (χ4n) is 3.15. The van der Waals surface area contributed by atoms with Crippen molar-refractivity contribution in [3.05, 3.63) is 48.2 Å². The molecule has 33 heavy (non-hydrogen) atoms. The number of aliphatic imine (C=N–C) groups is 1. The van der Waals surface area contributed by atoms with Crippen LogP contribution in [0.1, 0.15) is 32.3 Å². The van der Waals surface area contributed by atoms with Crippen LogP contribution in [0.25, 0.3) is 11.1 Å². The van der Waals surface area contributed by atoms with Gasteiger partial charge in [-0.2, -0.15) is 13.2 Å². The van der Waals surface area contributed by atoms with E-state index in [0.717, 1.165) is 11.1 Å². The van der Waals surface area contributed by atoms with Gasteiger partial charge >= 0.3 is 12.1 Å². The monoisotopic (exact) mass is 462 g/mol. The molecule has 0 amide bonds. The van der Waals surface area contributed by atoms with Crippen molar-refractivity contribution in [2.75, 3.05) is 13.7 Å². The molecule has 1 aromatic carbocycles. The van der Waals surface area contributed by atoms with Crippen LogP contribution in [0.5, 0.6) is 5.88 Å². The lowest BCUT2D eigenvalue weighted by atomic mass is 9.95. The van der Waals surface area contributed by atoms with Gasteiger partial charge in [-0.1, -0.05) is 24.3 Å². The number of carbonyl (C=O) groups excluding carboxylic acids is 1. The van der Waals surface area contributed by atoms with Crippen molar-refractivity contribution in [3.63, 3.8) is 0 Å². The van der Waals surface area contributed by atoms with Crippen LogP contribution in [0.2, 0.25) is 0 Å². The van der Waals surface area contributed by atoms with Crippen LogP contribution < -0.4 is 10.5 Å². The molecule has 176 valence electrons. The Labute approximate surface area is 189 Å². The number of esters is 1. The number of aromatic nitrogens is 1. The zero-order valence-electron chi connectivity index (χ0n) is 18.5. The molecule has 7 nitrogen and oxygen atoms in total. The van der Waals surface area contributed by atoms with Crippen LogP contribution in [0, 0.1) is 16.2 Å². The summed E-state index contributed by atoms with van der Waals surface area (Å²) in [6, 6.07) is 10.0. The second-order valence-corrected chi connectivity index (χ2v) is 8.55. The average molecular weight is 462 g/mol. The number of rotatable bonds is 7. The molecule has 10 heteroatoms. The summed E-state index contributed by atoms with van der Waals surface area (Å²) in [7, 11) is 1.32. The van der Waals surface area contributed by atoms with Gasteiger partial charge in [0.05, 0.1) is 12.5 Å². The van der Waals surface area contributed by atoms with Gasteiger partial charge in [0, 0.05) is 23.4 Å². The number of halogens is 3. The van der Waals surface area contributed by atoms with Crippen LogP contribution >= 0.6 is 0 Å². The summed E-state index contributed by atoms with van der Waals surface area (Å²) in [5, 5.41) is 8.02. The lowest BCUT2D eigenvalue weighted by molar-refractivity contribution is -0.165.